The van der Waals surface area contributed by atoms with E-state index in [1.807, 2.05) is 6.07 Å². The fourth-order valence-corrected chi connectivity index (χ4v) is 8.33. The Morgan fingerprint density at radius 1 is 0.795 bits per heavy atom. The molecule has 198 valence electrons. The van der Waals surface area contributed by atoms with E-state index >= 15 is 0 Å². The number of rotatable bonds is 8. The summed E-state index contributed by atoms with van der Waals surface area (Å²) in [7, 11) is -2.51. The van der Waals surface area contributed by atoms with Gasteiger partial charge in [0.05, 0.1) is 7.11 Å². The van der Waals surface area contributed by atoms with Crippen LogP contribution < -0.4 is 17.8 Å². The van der Waals surface area contributed by atoms with Crippen molar-refractivity contribution in [2.75, 3.05) is 7.11 Å². The van der Waals surface area contributed by atoms with Crippen LogP contribution in [-0.2, 0) is 14.9 Å². The molecular formula is C31H26O6SSe. The van der Waals surface area contributed by atoms with Crippen LogP contribution in [0.3, 0.4) is 0 Å². The molecule has 3 unspecified atom stereocenters. The van der Waals surface area contributed by atoms with Gasteiger partial charge < -0.3 is 4.74 Å². The topological polar surface area (TPSA) is 82.1 Å². The number of methoxy groups -OCH3 is 1. The zero-order valence-corrected chi connectivity index (χ0v) is 23.6. The maximum absolute atomic E-state index is 13.5. The van der Waals surface area contributed by atoms with Gasteiger partial charge in [-0.15, -0.1) is 0 Å². The molecule has 6 nitrogen and oxygen atoms in total. The van der Waals surface area contributed by atoms with Gasteiger partial charge in [-0.25, -0.2) is 0 Å². The van der Waals surface area contributed by atoms with Crippen LogP contribution in [0.1, 0.15) is 17.5 Å². The number of fused-ring (bicyclic) bond motifs is 2. The first-order valence-electron chi connectivity index (χ1n) is 12.5. The first kappa shape index (κ1) is 25.7. The van der Waals surface area contributed by atoms with Crippen molar-refractivity contribution in [1.29, 1.82) is 0 Å². The molecule has 3 atom stereocenters. The molecule has 0 saturated carbocycles. The van der Waals surface area contributed by atoms with Crippen LogP contribution in [0.25, 0.3) is 11.1 Å². The van der Waals surface area contributed by atoms with E-state index in [1.54, 1.807) is 48.5 Å². The molecule has 0 amide bonds. The average Bonchev–Trinajstić information content (AvgIpc) is 3.55. The van der Waals surface area contributed by atoms with E-state index in [4.69, 9.17) is 13.7 Å². The fourth-order valence-electron chi connectivity index (χ4n) is 5.17. The summed E-state index contributed by atoms with van der Waals surface area (Å²) in [6.45, 7) is 0. The van der Waals surface area contributed by atoms with Crippen molar-refractivity contribution in [2.45, 2.75) is 23.9 Å². The zero-order chi connectivity index (χ0) is 27.0. The van der Waals surface area contributed by atoms with Crippen molar-refractivity contribution in [3.05, 3.63) is 114 Å². The molecule has 0 aliphatic carbocycles. The van der Waals surface area contributed by atoms with Crippen molar-refractivity contribution >= 4 is 45.1 Å². The van der Waals surface area contributed by atoms with Gasteiger partial charge in [0.15, 0.2) is 0 Å². The van der Waals surface area contributed by atoms with Gasteiger partial charge in [-0.05, 0) is 6.07 Å². The molecule has 1 fully saturated rings. The molecule has 8 heteroatoms. The molecule has 0 spiro atoms. The molecule has 4 aromatic rings. The number of ether oxygens (including phenoxy) is 2. The Kier molecular flexibility index (Phi) is 6.95. The monoisotopic (exact) mass is 606 g/mol. The third-order valence-electron chi connectivity index (χ3n) is 6.94. The van der Waals surface area contributed by atoms with E-state index < -0.39 is 27.6 Å². The predicted octanol–water partition coefficient (Wildman–Crippen LogP) is 3.92. The van der Waals surface area contributed by atoms with Crippen LogP contribution in [0.4, 0.5) is 0 Å². The number of phenolic OH excluding ortho intramolecular Hbond substituents is 1. The summed E-state index contributed by atoms with van der Waals surface area (Å²) in [6, 6.07) is 32.2. The average molecular weight is 606 g/mol. The predicted molar refractivity (Wildman–Crippen MR) is 152 cm³/mol. The molecule has 39 heavy (non-hydrogen) atoms. The summed E-state index contributed by atoms with van der Waals surface area (Å²) in [5.74, 6) is 0.849. The standard InChI is InChI=1S/C31H26O6SSe/c1-35-23-6-5-7-24(18-23)37-38(33,34)28-19-27-29(30(31(28)36-27)21-10-14-22(32)15-11-21)20-12-16-26(17-13-20)39-25-8-3-2-4-9-25/h2-18,27-28,31-32H,19H2,1H3. The molecule has 1 N–H and O–H groups in total. The maximum atomic E-state index is 13.5. The molecule has 2 heterocycles. The van der Waals surface area contributed by atoms with Crippen molar-refractivity contribution in [2.24, 2.45) is 0 Å². The number of aromatic hydroxyl groups is 1. The van der Waals surface area contributed by atoms with E-state index in [-0.39, 0.29) is 26.5 Å². The van der Waals surface area contributed by atoms with Crippen LogP contribution in [0.15, 0.2) is 103 Å². The van der Waals surface area contributed by atoms with E-state index in [2.05, 4.69) is 48.5 Å². The summed E-state index contributed by atoms with van der Waals surface area (Å²) >= 11 is 0.190. The van der Waals surface area contributed by atoms with E-state index in [9.17, 15) is 13.5 Å². The molecule has 0 aromatic heterocycles. The van der Waals surface area contributed by atoms with Crippen molar-refractivity contribution in [3.8, 4) is 17.2 Å². The van der Waals surface area contributed by atoms with Gasteiger partial charge in [0, 0.05) is 0 Å². The van der Waals surface area contributed by atoms with Crippen molar-refractivity contribution in [3.63, 3.8) is 0 Å². The number of phenols is 1. The molecule has 2 aliphatic heterocycles. The number of benzene rings is 4. The van der Waals surface area contributed by atoms with Gasteiger partial charge in [-0.3, -0.25) is 0 Å². The Labute approximate surface area is 234 Å². The van der Waals surface area contributed by atoms with Gasteiger partial charge in [-0.2, -0.15) is 0 Å². The van der Waals surface area contributed by atoms with Crippen LogP contribution in [0.2, 0.25) is 0 Å². The second-order valence-electron chi connectivity index (χ2n) is 9.39. The minimum absolute atomic E-state index is 0.142. The molecule has 6 rings (SSSR count). The SMILES string of the molecule is COc1cccc(OS(=O)(=O)C2CC3OC2C(c2ccc(O)cc2)=C3c2ccc([Se]c3ccccc3)cc2)c1. The van der Waals surface area contributed by atoms with Gasteiger partial charge in [-0.1, -0.05) is 6.07 Å². The van der Waals surface area contributed by atoms with Crippen molar-refractivity contribution in [1.82, 2.24) is 0 Å². The first-order chi connectivity index (χ1) is 18.9. The summed E-state index contributed by atoms with van der Waals surface area (Å²) in [6.07, 6.45) is -0.791. The summed E-state index contributed by atoms with van der Waals surface area (Å²) in [4.78, 5) is 0. The van der Waals surface area contributed by atoms with E-state index in [0.29, 0.717) is 12.2 Å². The second-order valence-corrected chi connectivity index (χ2v) is 13.6. The number of hydrogen-bond acceptors (Lipinski definition) is 6. The molecular weight excluding hydrogens is 579 g/mol. The summed E-state index contributed by atoms with van der Waals surface area (Å²) in [5, 5.41) is 9.01. The molecule has 4 aromatic carbocycles. The van der Waals surface area contributed by atoms with E-state index in [0.717, 1.165) is 22.3 Å². The normalized spacial score (nSPS) is 20.3. The van der Waals surface area contributed by atoms with Gasteiger partial charge in [0.25, 0.3) is 0 Å². The van der Waals surface area contributed by atoms with Crippen LogP contribution in [0.5, 0.6) is 17.2 Å². The van der Waals surface area contributed by atoms with Crippen LogP contribution in [-0.4, -0.2) is 53.0 Å². The Hall–Kier alpha value is -3.55. The third kappa shape index (κ3) is 5.21. The molecule has 0 radical (unpaired) electrons. The zero-order valence-electron chi connectivity index (χ0n) is 21.1. The van der Waals surface area contributed by atoms with Gasteiger partial charge in [0.1, 0.15) is 5.75 Å². The second kappa shape index (κ2) is 10.5. The Balaban J connectivity index is 1.34. The van der Waals surface area contributed by atoms with E-state index in [1.165, 1.54) is 16.0 Å². The minimum atomic E-state index is -4.03. The van der Waals surface area contributed by atoms with Gasteiger partial charge in [0.2, 0.25) is 0 Å². The Morgan fingerprint density at radius 2 is 1.44 bits per heavy atom. The quantitative estimate of drug-likeness (QED) is 0.242. The van der Waals surface area contributed by atoms with Crippen molar-refractivity contribution < 1.29 is 27.2 Å². The van der Waals surface area contributed by atoms with Gasteiger partial charge >= 0.3 is 205 Å². The summed E-state index contributed by atoms with van der Waals surface area (Å²) in [5.41, 5.74) is 3.62. The molecule has 2 aliphatic rings. The first-order valence-corrected chi connectivity index (χ1v) is 15.7. The third-order valence-corrected chi connectivity index (χ3v) is 10.7. The molecule has 2 bridgehead atoms. The fraction of sp³-hybridized carbons (Fsp3) is 0.161. The Bertz CT molecular complexity index is 1620. The Morgan fingerprint density at radius 3 is 2.15 bits per heavy atom. The van der Waals surface area contributed by atoms with Crippen LogP contribution >= 0.6 is 0 Å². The number of hydrogen-bond donors (Lipinski definition) is 1. The summed E-state index contributed by atoms with van der Waals surface area (Å²) < 4.78 is 46.6. The van der Waals surface area contributed by atoms with Crippen LogP contribution in [0, 0.1) is 0 Å². The molecule has 1 saturated heterocycles.